The zero-order valence-electron chi connectivity index (χ0n) is 13.1. The molecule has 3 aromatic heterocycles. The van der Waals surface area contributed by atoms with Gasteiger partial charge in [-0.05, 0) is 24.4 Å². The molecule has 1 aliphatic heterocycles. The van der Waals surface area contributed by atoms with Crippen LogP contribution in [0.1, 0.15) is 10.6 Å². The molecular weight excluding hydrogens is 382 g/mol. The summed E-state index contributed by atoms with van der Waals surface area (Å²) in [5.41, 5.74) is 2.56. The molecule has 0 aliphatic carbocycles. The number of anilines is 1. The smallest absolute Gasteiger partial charge is 0.273 e. The third kappa shape index (κ3) is 2.50. The topological polar surface area (TPSA) is 65.5 Å². The van der Waals surface area contributed by atoms with Crippen LogP contribution < -0.4 is 4.31 Å². The van der Waals surface area contributed by atoms with Gasteiger partial charge in [-0.1, -0.05) is 6.07 Å². The first-order valence-electron chi connectivity index (χ1n) is 7.30. The van der Waals surface area contributed by atoms with Crippen LogP contribution in [0.25, 0.3) is 10.2 Å². The second-order valence-corrected chi connectivity index (χ2v) is 10.9. The van der Waals surface area contributed by atoms with Gasteiger partial charge in [-0.25, -0.2) is 8.42 Å². The zero-order valence-corrected chi connectivity index (χ0v) is 16.3. The van der Waals surface area contributed by atoms with E-state index in [4.69, 9.17) is 0 Å². The predicted molar refractivity (Wildman–Crippen MR) is 105 cm³/mol. The van der Waals surface area contributed by atoms with E-state index in [2.05, 4.69) is 16.0 Å². The molecule has 0 radical (unpaired) electrons. The molecule has 0 saturated heterocycles. The normalized spacial score (nSPS) is 15.2. The second kappa shape index (κ2) is 5.91. The summed E-state index contributed by atoms with van der Waals surface area (Å²) in [6.07, 6.45) is 0. The Morgan fingerprint density at radius 2 is 2.21 bits per heavy atom. The summed E-state index contributed by atoms with van der Waals surface area (Å²) in [4.78, 5) is 8.85. The first-order valence-corrected chi connectivity index (χ1v) is 11.4. The summed E-state index contributed by atoms with van der Waals surface area (Å²) in [6.45, 7) is 2.79. The molecular formula is C15H15N3O2S4. The Labute approximate surface area is 152 Å². The Kier molecular flexibility index (Phi) is 3.98. The number of aliphatic imine (C=N–C) groups is 1. The van der Waals surface area contributed by atoms with Gasteiger partial charge in [-0.15, -0.1) is 34.4 Å². The molecule has 24 heavy (non-hydrogen) atoms. The molecule has 5 nitrogen and oxygen atoms in total. The number of hydrogen-bond donors (Lipinski definition) is 1. The van der Waals surface area contributed by atoms with Gasteiger partial charge in [0, 0.05) is 24.2 Å². The van der Waals surface area contributed by atoms with Gasteiger partial charge >= 0.3 is 0 Å². The van der Waals surface area contributed by atoms with E-state index >= 15 is 0 Å². The third-order valence-corrected chi connectivity index (χ3v) is 9.04. The molecule has 4 heterocycles. The molecule has 0 aromatic carbocycles. The van der Waals surface area contributed by atoms with E-state index in [1.54, 1.807) is 47.7 Å². The Balaban J connectivity index is 1.82. The lowest BCUT2D eigenvalue weighted by molar-refractivity contribution is 0.596. The highest BCUT2D eigenvalue weighted by atomic mass is 32.2. The number of aromatic nitrogens is 1. The van der Waals surface area contributed by atoms with E-state index in [0.717, 1.165) is 43.8 Å². The second-order valence-electron chi connectivity index (χ2n) is 5.37. The van der Waals surface area contributed by atoms with Gasteiger partial charge in [0.25, 0.3) is 10.0 Å². The highest BCUT2D eigenvalue weighted by Crippen LogP contribution is 2.40. The first-order chi connectivity index (χ1) is 11.5. The average molecular weight is 398 g/mol. The average Bonchev–Trinajstić information content (AvgIpc) is 3.30. The Hall–Kier alpha value is -1.29. The molecule has 0 amide bonds. The summed E-state index contributed by atoms with van der Waals surface area (Å²) in [5.74, 6) is 1.00. The minimum absolute atomic E-state index is 0.353. The Bertz CT molecular complexity index is 1030. The van der Waals surface area contributed by atoms with Crippen molar-refractivity contribution < 1.29 is 8.42 Å². The SMILES string of the molecule is Cc1sc2cc(C3=NCCS3)[nH]c2c1N(C)S(=O)(=O)c1cccs1. The first kappa shape index (κ1) is 16.2. The fraction of sp³-hybridized carbons (Fsp3) is 0.267. The number of thioether (sulfide) groups is 1. The maximum Gasteiger partial charge on any atom is 0.273 e. The number of rotatable bonds is 4. The molecule has 4 rings (SSSR count). The number of hydrogen-bond acceptors (Lipinski definition) is 6. The van der Waals surface area contributed by atoms with Crippen molar-refractivity contribution in [1.82, 2.24) is 4.98 Å². The zero-order chi connectivity index (χ0) is 16.9. The highest BCUT2D eigenvalue weighted by Gasteiger charge is 2.27. The van der Waals surface area contributed by atoms with Crippen molar-refractivity contribution in [2.75, 3.05) is 23.7 Å². The number of aromatic amines is 1. The van der Waals surface area contributed by atoms with Crippen LogP contribution in [0.15, 0.2) is 32.8 Å². The lowest BCUT2D eigenvalue weighted by atomic mass is 10.3. The number of nitrogens with zero attached hydrogens (tertiary/aromatic N) is 2. The minimum Gasteiger partial charge on any atom is -0.350 e. The molecule has 9 heteroatoms. The summed E-state index contributed by atoms with van der Waals surface area (Å²) < 4.78 is 28.5. The number of H-pyrrole nitrogens is 1. The van der Waals surface area contributed by atoms with Gasteiger partial charge < -0.3 is 4.98 Å². The molecule has 0 fully saturated rings. The lowest BCUT2D eigenvalue weighted by Crippen LogP contribution is -2.26. The standard InChI is InChI=1S/C15H15N3O2S4/c1-9-14(18(2)24(19,20)12-4-3-6-21-12)13-11(23-9)8-10(17-13)15-16-5-7-22-15/h3-4,6,8,17H,5,7H2,1-2H3. The third-order valence-electron chi connectivity index (χ3n) is 3.86. The van der Waals surface area contributed by atoms with Crippen LogP contribution in [-0.4, -0.2) is 37.8 Å². The highest BCUT2D eigenvalue weighted by molar-refractivity contribution is 8.14. The van der Waals surface area contributed by atoms with E-state index in [-0.39, 0.29) is 0 Å². The molecule has 126 valence electrons. The Morgan fingerprint density at radius 1 is 1.38 bits per heavy atom. The molecule has 0 bridgehead atoms. The molecule has 0 spiro atoms. The largest absolute Gasteiger partial charge is 0.350 e. The van der Waals surface area contributed by atoms with Crippen LogP contribution in [0.4, 0.5) is 5.69 Å². The van der Waals surface area contributed by atoms with E-state index in [1.807, 2.05) is 6.92 Å². The van der Waals surface area contributed by atoms with Gasteiger partial charge in [0.15, 0.2) is 0 Å². The van der Waals surface area contributed by atoms with Crippen molar-refractivity contribution in [3.8, 4) is 0 Å². The van der Waals surface area contributed by atoms with Crippen LogP contribution in [-0.2, 0) is 10.0 Å². The van der Waals surface area contributed by atoms with Gasteiger partial charge in [0.1, 0.15) is 9.25 Å². The number of nitrogens with one attached hydrogen (secondary N) is 1. The van der Waals surface area contributed by atoms with Crippen molar-refractivity contribution >= 4 is 65.4 Å². The van der Waals surface area contributed by atoms with Crippen molar-refractivity contribution in [2.45, 2.75) is 11.1 Å². The number of aryl methyl sites for hydroxylation is 1. The maximum atomic E-state index is 12.8. The summed E-state index contributed by atoms with van der Waals surface area (Å²) in [5, 5.41) is 2.78. The summed E-state index contributed by atoms with van der Waals surface area (Å²) in [6, 6.07) is 5.46. The van der Waals surface area contributed by atoms with E-state index < -0.39 is 10.0 Å². The van der Waals surface area contributed by atoms with E-state index in [9.17, 15) is 8.42 Å². The van der Waals surface area contributed by atoms with Crippen LogP contribution in [0.2, 0.25) is 0 Å². The van der Waals surface area contributed by atoms with Crippen molar-refractivity contribution in [2.24, 2.45) is 4.99 Å². The lowest BCUT2D eigenvalue weighted by Gasteiger charge is -2.18. The monoisotopic (exact) mass is 397 g/mol. The van der Waals surface area contributed by atoms with Gasteiger partial charge in [-0.2, -0.15) is 0 Å². The van der Waals surface area contributed by atoms with Crippen molar-refractivity contribution in [3.05, 3.63) is 34.2 Å². The van der Waals surface area contributed by atoms with Crippen molar-refractivity contribution in [3.63, 3.8) is 0 Å². The number of sulfonamides is 1. The predicted octanol–water partition coefficient (Wildman–Crippen LogP) is 3.92. The molecule has 0 saturated carbocycles. The van der Waals surface area contributed by atoms with Gasteiger partial charge in [-0.3, -0.25) is 9.30 Å². The fourth-order valence-electron chi connectivity index (χ4n) is 2.74. The maximum absolute atomic E-state index is 12.8. The summed E-state index contributed by atoms with van der Waals surface area (Å²) in [7, 11) is -1.92. The minimum atomic E-state index is -3.54. The quantitative estimate of drug-likeness (QED) is 0.726. The molecule has 1 aliphatic rings. The molecule has 1 N–H and O–H groups in total. The molecule has 3 aromatic rings. The van der Waals surface area contributed by atoms with E-state index in [0.29, 0.717) is 4.21 Å². The van der Waals surface area contributed by atoms with Crippen LogP contribution in [0.5, 0.6) is 0 Å². The van der Waals surface area contributed by atoms with Gasteiger partial charge in [0.05, 0.1) is 21.6 Å². The van der Waals surface area contributed by atoms with Crippen molar-refractivity contribution in [1.29, 1.82) is 0 Å². The van der Waals surface area contributed by atoms with Crippen LogP contribution >= 0.6 is 34.4 Å². The van der Waals surface area contributed by atoms with Gasteiger partial charge in [0.2, 0.25) is 0 Å². The van der Waals surface area contributed by atoms with E-state index in [1.165, 1.54) is 15.6 Å². The number of fused-ring (bicyclic) bond motifs is 1. The van der Waals surface area contributed by atoms with Crippen LogP contribution in [0.3, 0.4) is 0 Å². The molecule has 0 atom stereocenters. The fourth-order valence-corrected chi connectivity index (χ4v) is 7.14. The molecule has 0 unspecified atom stereocenters. The number of thiophene rings is 2. The summed E-state index contributed by atoms with van der Waals surface area (Å²) >= 11 is 4.56. The van der Waals surface area contributed by atoms with Crippen LogP contribution in [0, 0.1) is 6.92 Å². The Morgan fingerprint density at radius 3 is 2.88 bits per heavy atom.